The van der Waals surface area contributed by atoms with E-state index in [0.717, 1.165) is 18.0 Å². The number of hydrogen-bond donors (Lipinski definition) is 1. The first-order valence-electron chi connectivity index (χ1n) is 8.05. The van der Waals surface area contributed by atoms with Gasteiger partial charge in [0.15, 0.2) is 10.0 Å². The molecule has 0 atom stereocenters. The van der Waals surface area contributed by atoms with Crippen LogP contribution in [0.25, 0.3) is 6.08 Å². The molecule has 12 heteroatoms. The number of carbonyl (C=O) groups excluding carboxylic acids is 1. The molecular formula is C17H14ClN5O3S3. The maximum Gasteiger partial charge on any atom is 0.277 e. The Bertz CT molecular complexity index is 1150. The quantitative estimate of drug-likeness (QED) is 0.319. The molecule has 0 bridgehead atoms. The highest BCUT2D eigenvalue weighted by atomic mass is 35.5. The molecule has 3 rings (SSSR count). The lowest BCUT2D eigenvalue weighted by Gasteiger charge is -2.04. The number of sulfone groups is 1. The Balaban J connectivity index is 1.61. The Hall–Kier alpha value is -2.34. The lowest BCUT2D eigenvalue weighted by Crippen LogP contribution is -2.17. The molecule has 3 aromatic rings. The van der Waals surface area contributed by atoms with Crippen LogP contribution >= 0.6 is 34.7 Å². The van der Waals surface area contributed by atoms with Gasteiger partial charge in [-0.1, -0.05) is 77.2 Å². The molecular weight excluding hydrogens is 454 g/mol. The zero-order chi connectivity index (χ0) is 20.9. The molecule has 0 aliphatic carbocycles. The van der Waals surface area contributed by atoms with E-state index in [4.69, 9.17) is 11.6 Å². The number of hydrogen-bond acceptors (Lipinski definition) is 9. The van der Waals surface area contributed by atoms with Gasteiger partial charge < -0.3 is 0 Å². The second-order valence-corrected chi connectivity index (χ2v) is 10.1. The average Bonchev–Trinajstić information content (AvgIpc) is 3.12. The highest BCUT2D eigenvalue weighted by Crippen LogP contribution is 2.26. The molecule has 150 valence electrons. The van der Waals surface area contributed by atoms with Crippen LogP contribution in [0.1, 0.15) is 16.1 Å². The van der Waals surface area contributed by atoms with Gasteiger partial charge in [-0.2, -0.15) is 0 Å². The largest absolute Gasteiger partial charge is 0.295 e. The van der Waals surface area contributed by atoms with E-state index < -0.39 is 20.9 Å². The maximum atomic E-state index is 12.4. The molecule has 1 amide bonds. The summed E-state index contributed by atoms with van der Waals surface area (Å²) < 4.78 is 23.8. The lowest BCUT2D eigenvalue weighted by atomic mass is 10.2. The van der Waals surface area contributed by atoms with Crippen molar-refractivity contribution in [2.24, 2.45) is 0 Å². The molecule has 0 spiro atoms. The van der Waals surface area contributed by atoms with Gasteiger partial charge in [-0.15, -0.1) is 10.2 Å². The van der Waals surface area contributed by atoms with Crippen LogP contribution in [0.5, 0.6) is 0 Å². The highest BCUT2D eigenvalue weighted by molar-refractivity contribution is 8.01. The van der Waals surface area contributed by atoms with Crippen molar-refractivity contribution in [3.8, 4) is 0 Å². The molecule has 0 saturated heterocycles. The zero-order valence-corrected chi connectivity index (χ0v) is 18.1. The van der Waals surface area contributed by atoms with Crippen molar-refractivity contribution in [3.63, 3.8) is 0 Å². The number of aromatic nitrogens is 4. The summed E-state index contributed by atoms with van der Waals surface area (Å²) in [6.07, 6.45) is 6.03. The Labute approximate surface area is 180 Å². The third-order valence-corrected chi connectivity index (χ3v) is 6.37. The molecule has 0 radical (unpaired) electrons. The molecule has 0 unspecified atom stereocenters. The molecule has 0 aliphatic rings. The first-order valence-corrected chi connectivity index (χ1v) is 12.1. The number of nitrogens with one attached hydrogen (secondary N) is 1. The lowest BCUT2D eigenvalue weighted by molar-refractivity contribution is 0.102. The van der Waals surface area contributed by atoms with E-state index in [2.05, 4.69) is 25.5 Å². The Morgan fingerprint density at radius 2 is 2.03 bits per heavy atom. The van der Waals surface area contributed by atoms with Gasteiger partial charge in [0.05, 0.1) is 11.2 Å². The first kappa shape index (κ1) is 21.4. The van der Waals surface area contributed by atoms with Crippen molar-refractivity contribution in [2.45, 2.75) is 9.50 Å². The van der Waals surface area contributed by atoms with Crippen LogP contribution in [0.2, 0.25) is 5.02 Å². The Morgan fingerprint density at radius 1 is 1.28 bits per heavy atom. The number of benzene rings is 1. The normalized spacial score (nSPS) is 11.7. The molecule has 0 fully saturated rings. The van der Waals surface area contributed by atoms with Crippen LogP contribution in [0, 0.1) is 0 Å². The van der Waals surface area contributed by atoms with E-state index in [9.17, 15) is 13.2 Å². The minimum atomic E-state index is -3.67. The summed E-state index contributed by atoms with van der Waals surface area (Å²) in [5.74, 6) is -0.00796. The summed E-state index contributed by atoms with van der Waals surface area (Å²) in [6, 6.07) is 9.91. The second-order valence-electron chi connectivity index (χ2n) is 5.57. The van der Waals surface area contributed by atoms with Gasteiger partial charge in [-0.25, -0.2) is 18.4 Å². The third kappa shape index (κ3) is 6.07. The second kappa shape index (κ2) is 9.44. The number of thioether (sulfide) groups is 1. The van der Waals surface area contributed by atoms with Crippen molar-refractivity contribution in [1.82, 2.24) is 20.2 Å². The third-order valence-electron chi connectivity index (χ3n) is 3.31. The molecule has 29 heavy (non-hydrogen) atoms. The standard InChI is InChI=1S/C17H14ClN5O3S3/c1-29(25,26)16-19-10-12(18)13(20-16)14(24)21-15-22-23-17(28-15)27-9-5-8-11-6-3-2-4-7-11/h2-8,10H,9H2,1H3,(H,21,22,24). The van der Waals surface area contributed by atoms with E-state index in [-0.39, 0.29) is 15.8 Å². The summed E-state index contributed by atoms with van der Waals surface area (Å²) in [6.45, 7) is 0. The minimum Gasteiger partial charge on any atom is -0.295 e. The maximum absolute atomic E-state index is 12.4. The number of nitrogens with zero attached hydrogens (tertiary/aromatic N) is 4. The van der Waals surface area contributed by atoms with Crippen LogP contribution < -0.4 is 5.32 Å². The summed E-state index contributed by atoms with van der Waals surface area (Å²) in [5, 5.41) is 10.1. The SMILES string of the molecule is CS(=O)(=O)c1ncc(Cl)c(C(=O)Nc2nnc(SCC=Cc3ccccc3)s2)n1. The molecule has 8 nitrogen and oxygen atoms in total. The van der Waals surface area contributed by atoms with Gasteiger partial charge in [0.2, 0.25) is 20.1 Å². The molecule has 1 N–H and O–H groups in total. The van der Waals surface area contributed by atoms with E-state index in [1.165, 1.54) is 23.1 Å². The van der Waals surface area contributed by atoms with Gasteiger partial charge >= 0.3 is 0 Å². The van der Waals surface area contributed by atoms with E-state index in [0.29, 0.717) is 10.1 Å². The average molecular weight is 468 g/mol. The first-order chi connectivity index (χ1) is 13.8. The molecule has 0 saturated carbocycles. The number of halogens is 1. The molecule has 1 aromatic carbocycles. The topological polar surface area (TPSA) is 115 Å². The minimum absolute atomic E-state index is 0.0694. The van der Waals surface area contributed by atoms with Gasteiger partial charge in [0, 0.05) is 12.0 Å². The van der Waals surface area contributed by atoms with E-state index in [1.807, 2.05) is 42.5 Å². The smallest absolute Gasteiger partial charge is 0.277 e. The Kier molecular flexibility index (Phi) is 6.96. The van der Waals surface area contributed by atoms with Crippen LogP contribution in [0.4, 0.5) is 5.13 Å². The van der Waals surface area contributed by atoms with Crippen molar-refractivity contribution < 1.29 is 13.2 Å². The Morgan fingerprint density at radius 3 is 2.76 bits per heavy atom. The van der Waals surface area contributed by atoms with Crippen molar-refractivity contribution in [1.29, 1.82) is 0 Å². The van der Waals surface area contributed by atoms with E-state index >= 15 is 0 Å². The number of amides is 1. The highest BCUT2D eigenvalue weighted by Gasteiger charge is 2.20. The number of anilines is 1. The van der Waals surface area contributed by atoms with Crippen molar-refractivity contribution in [3.05, 3.63) is 58.9 Å². The zero-order valence-electron chi connectivity index (χ0n) is 14.9. The van der Waals surface area contributed by atoms with Crippen molar-refractivity contribution >= 4 is 61.7 Å². The summed E-state index contributed by atoms with van der Waals surface area (Å²) in [4.78, 5) is 19.7. The molecule has 2 aromatic heterocycles. The number of rotatable bonds is 7. The fourth-order valence-electron chi connectivity index (χ4n) is 2.03. The summed E-state index contributed by atoms with van der Waals surface area (Å²) in [5.41, 5.74) is 0.853. The molecule has 0 aliphatic heterocycles. The predicted octanol–water partition coefficient (Wildman–Crippen LogP) is 3.44. The van der Waals surface area contributed by atoms with Crippen molar-refractivity contribution in [2.75, 3.05) is 17.3 Å². The van der Waals surface area contributed by atoms with Crippen LogP contribution in [0.15, 0.2) is 52.1 Å². The summed E-state index contributed by atoms with van der Waals surface area (Å²) in [7, 11) is -3.67. The van der Waals surface area contributed by atoms with Crippen LogP contribution in [0.3, 0.4) is 0 Å². The van der Waals surface area contributed by atoms with Crippen LogP contribution in [-0.2, 0) is 9.84 Å². The van der Waals surface area contributed by atoms with Gasteiger partial charge in [-0.3, -0.25) is 10.1 Å². The van der Waals surface area contributed by atoms with Gasteiger partial charge in [-0.05, 0) is 5.56 Å². The van der Waals surface area contributed by atoms with Gasteiger partial charge in [0.1, 0.15) is 0 Å². The fraction of sp³-hybridized carbons (Fsp3) is 0.118. The molecule has 2 heterocycles. The van der Waals surface area contributed by atoms with Gasteiger partial charge in [0.25, 0.3) is 5.91 Å². The predicted molar refractivity (Wildman–Crippen MR) is 114 cm³/mol. The van der Waals surface area contributed by atoms with Crippen LogP contribution in [-0.4, -0.2) is 46.5 Å². The fourth-order valence-corrected chi connectivity index (χ4v) is 4.29. The van der Waals surface area contributed by atoms with E-state index in [1.54, 1.807) is 0 Å². The monoisotopic (exact) mass is 467 g/mol. The summed E-state index contributed by atoms with van der Waals surface area (Å²) >= 11 is 8.58. The number of carbonyl (C=O) groups is 1.